The minimum atomic E-state index is -4.56. The third kappa shape index (κ3) is 3.06. The van der Waals surface area contributed by atoms with Gasteiger partial charge < -0.3 is 4.90 Å². The van der Waals surface area contributed by atoms with Crippen LogP contribution < -0.4 is 4.90 Å². The number of carbonyl (C=O) groups is 1. The first-order valence-electron chi connectivity index (χ1n) is 6.42. The number of hydrogen-bond acceptors (Lipinski definition) is 5. The van der Waals surface area contributed by atoms with Crippen LogP contribution in [-0.4, -0.2) is 31.6 Å². The zero-order chi connectivity index (χ0) is 15.2. The highest BCUT2D eigenvalue weighted by Crippen LogP contribution is 2.30. The van der Waals surface area contributed by atoms with Gasteiger partial charge in [0.05, 0.1) is 21.0 Å². The number of carbonyl (C=O) groups excluding carboxylic acids is 1. The van der Waals surface area contributed by atoms with Crippen molar-refractivity contribution in [2.24, 2.45) is 5.92 Å². The molecule has 21 heavy (non-hydrogen) atoms. The normalized spacial score (nSPS) is 19.6. The molecule has 8 heteroatoms. The van der Waals surface area contributed by atoms with E-state index in [0.29, 0.717) is 5.69 Å². The molecule has 3 rings (SSSR count). The van der Waals surface area contributed by atoms with Crippen LogP contribution in [-0.2, 0) is 15.0 Å². The number of anilines is 1. The second-order valence-corrected chi connectivity index (χ2v) is 7.81. The van der Waals surface area contributed by atoms with Gasteiger partial charge in [0.2, 0.25) is 5.91 Å². The van der Waals surface area contributed by atoms with E-state index in [2.05, 4.69) is 4.98 Å². The summed E-state index contributed by atoms with van der Waals surface area (Å²) in [4.78, 5) is 17.9. The SMILES string of the molecule is Cc1nc2cc(N3CC(CS(=O)(=O)F)CC3=O)ccc2s1. The van der Waals surface area contributed by atoms with E-state index < -0.39 is 21.9 Å². The molecule has 0 aliphatic carbocycles. The molecule has 5 nitrogen and oxygen atoms in total. The molecule has 0 N–H and O–H groups in total. The fourth-order valence-corrected chi connectivity index (χ4v) is 4.22. The van der Waals surface area contributed by atoms with Gasteiger partial charge in [-0.25, -0.2) is 4.98 Å². The summed E-state index contributed by atoms with van der Waals surface area (Å²) in [7, 11) is -4.56. The predicted molar refractivity (Wildman–Crippen MR) is 79.7 cm³/mol. The first-order valence-corrected chi connectivity index (χ1v) is 8.78. The quantitative estimate of drug-likeness (QED) is 0.811. The molecule has 1 aliphatic rings. The van der Waals surface area contributed by atoms with Crippen molar-refractivity contribution in [1.82, 2.24) is 4.98 Å². The Labute approximate surface area is 125 Å². The monoisotopic (exact) mass is 328 g/mol. The fourth-order valence-electron chi connectivity index (χ4n) is 2.62. The van der Waals surface area contributed by atoms with Gasteiger partial charge in [-0.2, -0.15) is 8.42 Å². The summed E-state index contributed by atoms with van der Waals surface area (Å²) < 4.78 is 35.2. The van der Waals surface area contributed by atoms with Crippen molar-refractivity contribution in [2.75, 3.05) is 17.2 Å². The lowest BCUT2D eigenvalue weighted by atomic mass is 10.1. The van der Waals surface area contributed by atoms with Crippen LogP contribution in [0, 0.1) is 12.8 Å². The van der Waals surface area contributed by atoms with Gasteiger partial charge >= 0.3 is 10.2 Å². The highest BCUT2D eigenvalue weighted by Gasteiger charge is 2.33. The Balaban J connectivity index is 1.86. The molecular weight excluding hydrogens is 315 g/mol. The van der Waals surface area contributed by atoms with E-state index in [-0.39, 0.29) is 18.9 Å². The Morgan fingerprint density at radius 2 is 2.24 bits per heavy atom. The van der Waals surface area contributed by atoms with Crippen LogP contribution in [0.4, 0.5) is 9.57 Å². The van der Waals surface area contributed by atoms with Crippen LogP contribution in [0.3, 0.4) is 0 Å². The zero-order valence-electron chi connectivity index (χ0n) is 11.2. The van der Waals surface area contributed by atoms with Gasteiger partial charge in [-0.05, 0) is 25.1 Å². The highest BCUT2D eigenvalue weighted by atomic mass is 32.3. The topological polar surface area (TPSA) is 67.3 Å². The maximum Gasteiger partial charge on any atom is 0.302 e. The molecule has 0 spiro atoms. The molecule has 1 unspecified atom stereocenters. The highest BCUT2D eigenvalue weighted by molar-refractivity contribution is 7.86. The van der Waals surface area contributed by atoms with Crippen molar-refractivity contribution in [3.8, 4) is 0 Å². The Bertz CT molecular complexity index is 816. The standard InChI is InChI=1S/C13H13FN2O3S2/c1-8-15-11-5-10(2-3-12(11)20-8)16-6-9(4-13(16)17)7-21(14,18)19/h2-3,5,9H,4,6-7H2,1H3. The molecule has 1 saturated heterocycles. The van der Waals surface area contributed by atoms with E-state index >= 15 is 0 Å². The Kier molecular flexibility index (Phi) is 3.45. The molecule has 0 bridgehead atoms. The minimum Gasteiger partial charge on any atom is -0.312 e. The second kappa shape index (κ2) is 5.03. The van der Waals surface area contributed by atoms with Crippen molar-refractivity contribution < 1.29 is 17.1 Å². The minimum absolute atomic E-state index is 0.0529. The largest absolute Gasteiger partial charge is 0.312 e. The van der Waals surface area contributed by atoms with Crippen LogP contribution in [0.2, 0.25) is 0 Å². The summed E-state index contributed by atoms with van der Waals surface area (Å²) in [6, 6.07) is 5.51. The van der Waals surface area contributed by atoms with Gasteiger partial charge in [0.15, 0.2) is 0 Å². The summed E-state index contributed by atoms with van der Waals surface area (Å²) in [5, 5.41) is 0.941. The van der Waals surface area contributed by atoms with Gasteiger partial charge in [0.1, 0.15) is 0 Å². The number of hydrogen-bond donors (Lipinski definition) is 0. The van der Waals surface area contributed by atoms with Crippen LogP contribution in [0.1, 0.15) is 11.4 Å². The van der Waals surface area contributed by atoms with E-state index in [1.165, 1.54) is 4.90 Å². The molecule has 1 aromatic heterocycles. The number of amides is 1. The van der Waals surface area contributed by atoms with E-state index in [0.717, 1.165) is 15.2 Å². The number of thiazole rings is 1. The molecule has 0 radical (unpaired) electrons. The van der Waals surface area contributed by atoms with Crippen molar-refractivity contribution >= 4 is 43.4 Å². The van der Waals surface area contributed by atoms with Gasteiger partial charge in [-0.3, -0.25) is 4.79 Å². The summed E-state index contributed by atoms with van der Waals surface area (Å²) >= 11 is 1.57. The molecule has 2 heterocycles. The molecule has 1 atom stereocenters. The number of rotatable bonds is 3. The van der Waals surface area contributed by atoms with Gasteiger partial charge in [0, 0.05) is 24.6 Å². The maximum atomic E-state index is 12.7. The fraction of sp³-hybridized carbons (Fsp3) is 0.385. The lowest BCUT2D eigenvalue weighted by Gasteiger charge is -2.16. The third-order valence-corrected chi connectivity index (χ3v) is 5.25. The summed E-state index contributed by atoms with van der Waals surface area (Å²) in [5.41, 5.74) is 1.49. The summed E-state index contributed by atoms with van der Waals surface area (Å²) in [6.07, 6.45) is 0.0529. The number of benzene rings is 1. The first kappa shape index (κ1) is 14.4. The van der Waals surface area contributed by atoms with Crippen LogP contribution in [0.5, 0.6) is 0 Å². The van der Waals surface area contributed by atoms with E-state index in [9.17, 15) is 17.1 Å². The molecule has 0 saturated carbocycles. The summed E-state index contributed by atoms with van der Waals surface area (Å²) in [6.45, 7) is 2.13. The number of aromatic nitrogens is 1. The lowest BCUT2D eigenvalue weighted by Crippen LogP contribution is -2.25. The second-order valence-electron chi connectivity index (χ2n) is 5.16. The third-order valence-electron chi connectivity index (χ3n) is 3.43. The molecule has 1 amide bonds. The van der Waals surface area contributed by atoms with Gasteiger partial charge in [0.25, 0.3) is 0 Å². The average molecular weight is 328 g/mol. The number of fused-ring (bicyclic) bond motifs is 1. The van der Waals surface area contributed by atoms with Crippen molar-refractivity contribution in [3.05, 3.63) is 23.2 Å². The van der Waals surface area contributed by atoms with Crippen LogP contribution in [0.15, 0.2) is 18.2 Å². The van der Waals surface area contributed by atoms with E-state index in [1.54, 1.807) is 11.3 Å². The van der Waals surface area contributed by atoms with Crippen LogP contribution >= 0.6 is 11.3 Å². The van der Waals surface area contributed by atoms with Gasteiger partial charge in [-0.1, -0.05) is 0 Å². The molecule has 112 valence electrons. The van der Waals surface area contributed by atoms with E-state index in [1.807, 2.05) is 25.1 Å². The Morgan fingerprint density at radius 1 is 1.48 bits per heavy atom. The smallest absolute Gasteiger partial charge is 0.302 e. The van der Waals surface area contributed by atoms with Crippen molar-refractivity contribution in [2.45, 2.75) is 13.3 Å². The molecule has 1 aliphatic heterocycles. The lowest BCUT2D eigenvalue weighted by molar-refractivity contribution is -0.117. The Hall–Kier alpha value is -1.54. The van der Waals surface area contributed by atoms with E-state index in [4.69, 9.17) is 0 Å². The molecule has 1 aromatic carbocycles. The zero-order valence-corrected chi connectivity index (χ0v) is 12.9. The number of halogens is 1. The molecular formula is C13H13FN2O3S2. The predicted octanol–water partition coefficient (Wildman–Crippen LogP) is 2.26. The van der Waals surface area contributed by atoms with Gasteiger partial charge in [-0.15, -0.1) is 15.2 Å². The molecule has 1 fully saturated rings. The molecule has 2 aromatic rings. The summed E-state index contributed by atoms with van der Waals surface area (Å²) in [5.74, 6) is -1.29. The number of aryl methyl sites for hydroxylation is 1. The maximum absolute atomic E-state index is 12.7. The number of nitrogens with zero attached hydrogens (tertiary/aromatic N) is 2. The average Bonchev–Trinajstić information content (AvgIpc) is 2.88. The first-order chi connectivity index (χ1) is 9.82. The van der Waals surface area contributed by atoms with Crippen molar-refractivity contribution in [3.63, 3.8) is 0 Å². The van der Waals surface area contributed by atoms with Crippen LogP contribution in [0.25, 0.3) is 10.2 Å². The Morgan fingerprint density at radius 3 is 2.95 bits per heavy atom. The van der Waals surface area contributed by atoms with Crippen molar-refractivity contribution in [1.29, 1.82) is 0 Å².